The molecule has 0 aliphatic carbocycles. The minimum atomic E-state index is -0.517. The molecule has 2 rings (SSSR count). The van der Waals surface area contributed by atoms with E-state index >= 15 is 0 Å². The van der Waals surface area contributed by atoms with Crippen molar-refractivity contribution >= 4 is 11.0 Å². The molecule has 2 nitrogen and oxygen atoms in total. The molecule has 1 unspecified atom stereocenters. The van der Waals surface area contributed by atoms with Crippen LogP contribution in [0.4, 0.5) is 0 Å². The van der Waals surface area contributed by atoms with Gasteiger partial charge < -0.3 is 9.52 Å². The van der Waals surface area contributed by atoms with Gasteiger partial charge in [-0.3, -0.25) is 0 Å². The first-order chi connectivity index (χ1) is 8.11. The molecule has 2 aromatic rings. The van der Waals surface area contributed by atoms with Gasteiger partial charge in [0.2, 0.25) is 0 Å². The fourth-order valence-corrected chi connectivity index (χ4v) is 2.03. The second-order valence-electron chi connectivity index (χ2n) is 4.96. The maximum absolute atomic E-state index is 9.98. The van der Waals surface area contributed by atoms with Crippen LogP contribution in [-0.2, 0) is 6.42 Å². The van der Waals surface area contributed by atoms with Gasteiger partial charge in [-0.25, -0.2) is 0 Å². The Bertz CT molecular complexity index is 497. The van der Waals surface area contributed by atoms with Crippen LogP contribution in [0.25, 0.3) is 11.0 Å². The van der Waals surface area contributed by atoms with Gasteiger partial charge >= 0.3 is 0 Å². The summed E-state index contributed by atoms with van der Waals surface area (Å²) in [7, 11) is 0. The van der Waals surface area contributed by atoms with Crippen LogP contribution in [0.2, 0.25) is 0 Å². The van der Waals surface area contributed by atoms with E-state index in [4.69, 9.17) is 4.42 Å². The Morgan fingerprint density at radius 2 is 2.00 bits per heavy atom. The molecule has 1 aromatic heterocycles. The van der Waals surface area contributed by atoms with Crippen LogP contribution in [0.1, 0.15) is 44.6 Å². The van der Waals surface area contributed by atoms with E-state index in [1.807, 2.05) is 26.0 Å². The van der Waals surface area contributed by atoms with E-state index in [0.717, 1.165) is 23.8 Å². The van der Waals surface area contributed by atoms with Crippen LogP contribution in [0.5, 0.6) is 0 Å². The molecular weight excluding hydrogens is 212 g/mol. The molecule has 0 aliphatic rings. The maximum atomic E-state index is 9.98. The average molecular weight is 232 g/mol. The predicted octanol–water partition coefficient (Wildman–Crippen LogP) is 4.07. The average Bonchev–Trinajstić information content (AvgIpc) is 2.71. The van der Waals surface area contributed by atoms with Gasteiger partial charge in [0.15, 0.2) is 0 Å². The highest BCUT2D eigenvalue weighted by Gasteiger charge is 2.16. The lowest BCUT2D eigenvalue weighted by molar-refractivity contribution is 0.104. The third-order valence-corrected chi connectivity index (χ3v) is 3.06. The van der Waals surface area contributed by atoms with Gasteiger partial charge in [-0.05, 0) is 36.1 Å². The standard InChI is InChI=1S/C15H20O2/c1-4-5-11-6-7-13-12(8-11)9-14(17-13)15(16)10(2)3/h6-10,15-16H,4-5H2,1-3H3. The Morgan fingerprint density at radius 3 is 2.65 bits per heavy atom. The van der Waals surface area contributed by atoms with Crippen molar-refractivity contribution in [2.75, 3.05) is 0 Å². The SMILES string of the molecule is CCCc1ccc2oc(C(O)C(C)C)cc2c1. The van der Waals surface area contributed by atoms with E-state index < -0.39 is 6.10 Å². The van der Waals surface area contributed by atoms with Crippen LogP contribution in [-0.4, -0.2) is 5.11 Å². The van der Waals surface area contributed by atoms with Gasteiger partial charge in [0.05, 0.1) is 0 Å². The van der Waals surface area contributed by atoms with Gasteiger partial charge in [-0.2, -0.15) is 0 Å². The Hall–Kier alpha value is -1.28. The zero-order chi connectivity index (χ0) is 12.4. The normalized spacial score (nSPS) is 13.5. The minimum absolute atomic E-state index is 0.172. The summed E-state index contributed by atoms with van der Waals surface area (Å²) in [6.45, 7) is 6.15. The molecule has 1 N–H and O–H groups in total. The fraction of sp³-hybridized carbons (Fsp3) is 0.467. The van der Waals surface area contributed by atoms with E-state index in [9.17, 15) is 5.11 Å². The summed E-state index contributed by atoms with van der Waals surface area (Å²) in [6, 6.07) is 8.20. The zero-order valence-corrected chi connectivity index (χ0v) is 10.7. The van der Waals surface area contributed by atoms with E-state index in [0.29, 0.717) is 5.76 Å². The molecule has 0 radical (unpaired) electrons. The molecule has 1 atom stereocenters. The number of hydrogen-bond acceptors (Lipinski definition) is 2. The molecule has 0 saturated heterocycles. The molecular formula is C15H20O2. The number of hydrogen-bond donors (Lipinski definition) is 1. The lowest BCUT2D eigenvalue weighted by atomic mass is 10.0. The molecule has 0 spiro atoms. The van der Waals surface area contributed by atoms with Crippen molar-refractivity contribution in [1.82, 2.24) is 0 Å². The molecule has 2 heteroatoms. The van der Waals surface area contributed by atoms with Crippen molar-refractivity contribution in [3.8, 4) is 0 Å². The van der Waals surface area contributed by atoms with Gasteiger partial charge in [0.25, 0.3) is 0 Å². The molecule has 0 amide bonds. The first kappa shape index (κ1) is 12.2. The summed E-state index contributed by atoms with van der Waals surface area (Å²) in [5.74, 6) is 0.842. The van der Waals surface area contributed by atoms with Gasteiger partial charge in [0.1, 0.15) is 17.4 Å². The minimum Gasteiger partial charge on any atom is -0.458 e. The van der Waals surface area contributed by atoms with Crippen LogP contribution < -0.4 is 0 Å². The number of aliphatic hydroxyl groups is 1. The van der Waals surface area contributed by atoms with E-state index in [1.165, 1.54) is 5.56 Å². The Labute approximate surface area is 102 Å². The van der Waals surface area contributed by atoms with Crippen molar-refractivity contribution in [2.24, 2.45) is 5.92 Å². The summed E-state index contributed by atoms with van der Waals surface area (Å²) in [5.41, 5.74) is 2.19. The second-order valence-corrected chi connectivity index (χ2v) is 4.96. The topological polar surface area (TPSA) is 33.4 Å². The number of furan rings is 1. The van der Waals surface area contributed by atoms with Gasteiger partial charge in [-0.15, -0.1) is 0 Å². The molecule has 0 fully saturated rings. The number of aryl methyl sites for hydroxylation is 1. The van der Waals surface area contributed by atoms with Crippen molar-refractivity contribution in [3.05, 3.63) is 35.6 Å². The Balaban J connectivity index is 2.36. The van der Waals surface area contributed by atoms with Crippen LogP contribution in [0, 0.1) is 5.92 Å². The zero-order valence-electron chi connectivity index (χ0n) is 10.7. The lowest BCUT2D eigenvalue weighted by Gasteiger charge is -2.10. The monoisotopic (exact) mass is 232 g/mol. The molecule has 1 heterocycles. The van der Waals surface area contributed by atoms with Crippen LogP contribution in [0.3, 0.4) is 0 Å². The summed E-state index contributed by atoms with van der Waals surface area (Å²) in [4.78, 5) is 0. The number of rotatable bonds is 4. The largest absolute Gasteiger partial charge is 0.458 e. The lowest BCUT2D eigenvalue weighted by Crippen LogP contribution is -2.03. The first-order valence-electron chi connectivity index (χ1n) is 6.32. The Morgan fingerprint density at radius 1 is 1.24 bits per heavy atom. The van der Waals surface area contributed by atoms with E-state index in [1.54, 1.807) is 0 Å². The quantitative estimate of drug-likeness (QED) is 0.861. The van der Waals surface area contributed by atoms with Crippen LogP contribution in [0.15, 0.2) is 28.7 Å². The molecule has 17 heavy (non-hydrogen) atoms. The van der Waals surface area contributed by atoms with Gasteiger partial charge in [-0.1, -0.05) is 33.3 Å². The highest BCUT2D eigenvalue weighted by Crippen LogP contribution is 2.28. The fourth-order valence-electron chi connectivity index (χ4n) is 2.03. The third-order valence-electron chi connectivity index (χ3n) is 3.06. The number of aliphatic hydroxyl groups excluding tert-OH is 1. The van der Waals surface area contributed by atoms with E-state index in [2.05, 4.69) is 19.1 Å². The number of benzene rings is 1. The second kappa shape index (κ2) is 4.92. The summed E-state index contributed by atoms with van der Waals surface area (Å²) >= 11 is 0. The summed E-state index contributed by atoms with van der Waals surface area (Å²) in [6.07, 6.45) is 1.71. The molecule has 0 aliphatic heterocycles. The van der Waals surface area contributed by atoms with Crippen molar-refractivity contribution in [2.45, 2.75) is 39.7 Å². The van der Waals surface area contributed by atoms with Crippen LogP contribution >= 0.6 is 0 Å². The van der Waals surface area contributed by atoms with E-state index in [-0.39, 0.29) is 5.92 Å². The molecule has 0 saturated carbocycles. The molecule has 92 valence electrons. The maximum Gasteiger partial charge on any atom is 0.134 e. The highest BCUT2D eigenvalue weighted by atomic mass is 16.4. The Kier molecular flexibility index (Phi) is 3.53. The molecule has 0 bridgehead atoms. The number of fused-ring (bicyclic) bond motifs is 1. The van der Waals surface area contributed by atoms with Crippen molar-refractivity contribution in [3.63, 3.8) is 0 Å². The first-order valence-corrected chi connectivity index (χ1v) is 6.32. The smallest absolute Gasteiger partial charge is 0.134 e. The van der Waals surface area contributed by atoms with Crippen molar-refractivity contribution in [1.29, 1.82) is 0 Å². The van der Waals surface area contributed by atoms with Crippen molar-refractivity contribution < 1.29 is 9.52 Å². The van der Waals surface area contributed by atoms with Gasteiger partial charge in [0, 0.05) is 5.39 Å². The third kappa shape index (κ3) is 2.52. The molecule has 1 aromatic carbocycles. The highest BCUT2D eigenvalue weighted by molar-refractivity contribution is 5.78. The predicted molar refractivity (Wildman–Crippen MR) is 70.0 cm³/mol. The summed E-state index contributed by atoms with van der Waals surface area (Å²) in [5, 5.41) is 11.1. The summed E-state index contributed by atoms with van der Waals surface area (Å²) < 4.78 is 5.67.